The van der Waals surface area contributed by atoms with Crippen molar-refractivity contribution in [1.82, 2.24) is 14.3 Å². The third kappa shape index (κ3) is 1.94. The molecule has 17 heavy (non-hydrogen) atoms. The van der Waals surface area contributed by atoms with Gasteiger partial charge in [0.05, 0.1) is 11.2 Å². The lowest BCUT2D eigenvalue weighted by Gasteiger charge is -2.12. The van der Waals surface area contributed by atoms with Crippen LogP contribution < -0.4 is 0 Å². The van der Waals surface area contributed by atoms with E-state index >= 15 is 0 Å². The van der Waals surface area contributed by atoms with E-state index in [4.69, 9.17) is 0 Å². The predicted octanol–water partition coefficient (Wildman–Crippen LogP) is 1.42. The molecule has 4 heteroatoms. The van der Waals surface area contributed by atoms with Gasteiger partial charge in [-0.25, -0.2) is 4.98 Å². The van der Waals surface area contributed by atoms with E-state index in [0.717, 1.165) is 23.6 Å². The maximum absolute atomic E-state index is 9.31. The Morgan fingerprint density at radius 1 is 1.24 bits per heavy atom. The summed E-state index contributed by atoms with van der Waals surface area (Å²) in [7, 11) is 0. The van der Waals surface area contributed by atoms with Crippen LogP contribution in [0.2, 0.25) is 0 Å². The largest absolute Gasteiger partial charge is 0.388 e. The standard InChI is InChI=1S/C13H17N3O/c17-10-13-14-11(9-15-6-3-4-7-15)12-5-1-2-8-16(12)13/h1-2,5,8,17H,3-4,6-7,9-10H2. The first kappa shape index (κ1) is 10.7. The third-order valence-corrected chi connectivity index (χ3v) is 3.41. The number of aliphatic hydroxyl groups is 1. The number of rotatable bonds is 3. The summed E-state index contributed by atoms with van der Waals surface area (Å²) >= 11 is 0. The van der Waals surface area contributed by atoms with Crippen molar-refractivity contribution in [2.24, 2.45) is 0 Å². The molecule has 4 nitrogen and oxygen atoms in total. The van der Waals surface area contributed by atoms with Crippen LogP contribution in [0.25, 0.3) is 5.52 Å². The number of fused-ring (bicyclic) bond motifs is 1. The minimum Gasteiger partial charge on any atom is -0.388 e. The summed E-state index contributed by atoms with van der Waals surface area (Å²) in [5.41, 5.74) is 2.19. The number of hydrogen-bond donors (Lipinski definition) is 1. The van der Waals surface area contributed by atoms with Crippen molar-refractivity contribution in [3.63, 3.8) is 0 Å². The minimum absolute atomic E-state index is 0.00875. The predicted molar refractivity (Wildman–Crippen MR) is 65.6 cm³/mol. The molecule has 3 rings (SSSR count). The number of aromatic nitrogens is 2. The van der Waals surface area contributed by atoms with Crippen LogP contribution in [0.1, 0.15) is 24.4 Å². The molecule has 0 atom stereocenters. The van der Waals surface area contributed by atoms with Crippen LogP contribution in [-0.4, -0.2) is 32.5 Å². The third-order valence-electron chi connectivity index (χ3n) is 3.41. The Kier molecular flexibility index (Phi) is 2.82. The highest BCUT2D eigenvalue weighted by Crippen LogP contribution is 2.17. The minimum atomic E-state index is -0.00875. The van der Waals surface area contributed by atoms with Gasteiger partial charge in [-0.15, -0.1) is 0 Å². The lowest BCUT2D eigenvalue weighted by molar-refractivity contribution is 0.269. The van der Waals surface area contributed by atoms with Gasteiger partial charge in [-0.1, -0.05) is 6.07 Å². The normalized spacial score (nSPS) is 17.0. The molecule has 0 radical (unpaired) electrons. The number of nitrogens with zero attached hydrogens (tertiary/aromatic N) is 3. The number of pyridine rings is 1. The molecular weight excluding hydrogens is 214 g/mol. The first-order valence-corrected chi connectivity index (χ1v) is 6.16. The first-order valence-electron chi connectivity index (χ1n) is 6.16. The van der Waals surface area contributed by atoms with Gasteiger partial charge in [-0.3, -0.25) is 4.90 Å². The Morgan fingerprint density at radius 2 is 2.06 bits per heavy atom. The van der Waals surface area contributed by atoms with Crippen molar-refractivity contribution < 1.29 is 5.11 Å². The topological polar surface area (TPSA) is 40.8 Å². The van der Waals surface area contributed by atoms with Crippen LogP contribution in [0.3, 0.4) is 0 Å². The lowest BCUT2D eigenvalue weighted by Crippen LogP contribution is -2.18. The van der Waals surface area contributed by atoms with Crippen molar-refractivity contribution >= 4 is 5.52 Å². The van der Waals surface area contributed by atoms with Crippen LogP contribution in [0.4, 0.5) is 0 Å². The summed E-state index contributed by atoms with van der Waals surface area (Å²) in [5, 5.41) is 9.31. The fraction of sp³-hybridized carbons (Fsp3) is 0.462. The van der Waals surface area contributed by atoms with Gasteiger partial charge >= 0.3 is 0 Å². The molecular formula is C13H17N3O. The summed E-state index contributed by atoms with van der Waals surface area (Å²) in [6, 6.07) is 6.05. The highest BCUT2D eigenvalue weighted by Gasteiger charge is 2.16. The molecule has 0 spiro atoms. The van der Waals surface area contributed by atoms with Crippen molar-refractivity contribution in [1.29, 1.82) is 0 Å². The van der Waals surface area contributed by atoms with Gasteiger partial charge in [0.1, 0.15) is 12.4 Å². The van der Waals surface area contributed by atoms with Crippen LogP contribution >= 0.6 is 0 Å². The van der Waals surface area contributed by atoms with Gasteiger partial charge in [-0.2, -0.15) is 0 Å². The van der Waals surface area contributed by atoms with E-state index in [1.807, 2.05) is 22.7 Å². The first-order chi connectivity index (χ1) is 8.38. The highest BCUT2D eigenvalue weighted by atomic mass is 16.3. The van der Waals surface area contributed by atoms with E-state index in [9.17, 15) is 5.11 Å². The SMILES string of the molecule is OCc1nc(CN2CCCC2)c2ccccn12. The average molecular weight is 231 g/mol. The van der Waals surface area contributed by atoms with E-state index in [1.165, 1.54) is 25.9 Å². The van der Waals surface area contributed by atoms with Crippen molar-refractivity contribution in [2.45, 2.75) is 26.0 Å². The molecule has 0 amide bonds. The van der Waals surface area contributed by atoms with Crippen molar-refractivity contribution in [3.05, 3.63) is 35.9 Å². The second-order valence-electron chi connectivity index (χ2n) is 4.57. The Balaban J connectivity index is 1.97. The van der Waals surface area contributed by atoms with Crippen LogP contribution in [0, 0.1) is 0 Å². The van der Waals surface area contributed by atoms with Gasteiger partial charge in [0.25, 0.3) is 0 Å². The molecule has 1 aliphatic rings. The number of hydrogen-bond acceptors (Lipinski definition) is 3. The van der Waals surface area contributed by atoms with Gasteiger partial charge in [-0.05, 0) is 38.1 Å². The second kappa shape index (κ2) is 4.47. The summed E-state index contributed by atoms with van der Waals surface area (Å²) in [6.45, 7) is 3.22. The molecule has 2 aromatic rings. The van der Waals surface area contributed by atoms with E-state index in [0.29, 0.717) is 0 Å². The molecule has 3 heterocycles. The highest BCUT2D eigenvalue weighted by molar-refractivity contribution is 5.53. The summed E-state index contributed by atoms with van der Waals surface area (Å²) in [6.07, 6.45) is 4.54. The summed E-state index contributed by atoms with van der Waals surface area (Å²) in [4.78, 5) is 6.97. The fourth-order valence-corrected chi connectivity index (χ4v) is 2.55. The zero-order chi connectivity index (χ0) is 11.7. The maximum atomic E-state index is 9.31. The molecule has 0 aromatic carbocycles. The van der Waals surface area contributed by atoms with Crippen molar-refractivity contribution in [2.75, 3.05) is 13.1 Å². The van der Waals surface area contributed by atoms with Gasteiger partial charge in [0.15, 0.2) is 0 Å². The maximum Gasteiger partial charge on any atom is 0.139 e. The van der Waals surface area contributed by atoms with E-state index in [-0.39, 0.29) is 6.61 Å². The molecule has 0 aliphatic carbocycles. The number of likely N-dealkylation sites (tertiary alicyclic amines) is 1. The Labute approximate surface area is 101 Å². The molecule has 90 valence electrons. The quantitative estimate of drug-likeness (QED) is 0.868. The van der Waals surface area contributed by atoms with Gasteiger partial charge in [0, 0.05) is 12.7 Å². The fourth-order valence-electron chi connectivity index (χ4n) is 2.55. The van der Waals surface area contributed by atoms with Crippen LogP contribution in [0.15, 0.2) is 24.4 Å². The molecule has 1 N–H and O–H groups in total. The molecule has 2 aromatic heterocycles. The monoisotopic (exact) mass is 231 g/mol. The zero-order valence-electron chi connectivity index (χ0n) is 9.84. The molecule has 1 aliphatic heterocycles. The molecule has 0 bridgehead atoms. The lowest BCUT2D eigenvalue weighted by atomic mass is 10.3. The van der Waals surface area contributed by atoms with E-state index in [2.05, 4.69) is 16.0 Å². The zero-order valence-corrected chi connectivity index (χ0v) is 9.84. The van der Waals surface area contributed by atoms with E-state index in [1.54, 1.807) is 0 Å². The van der Waals surface area contributed by atoms with Gasteiger partial charge in [0.2, 0.25) is 0 Å². The summed E-state index contributed by atoms with van der Waals surface area (Å²) in [5.74, 6) is 0.731. The van der Waals surface area contributed by atoms with E-state index < -0.39 is 0 Å². The Morgan fingerprint density at radius 3 is 2.82 bits per heavy atom. The molecule has 1 fully saturated rings. The molecule has 0 unspecified atom stereocenters. The van der Waals surface area contributed by atoms with Gasteiger partial charge < -0.3 is 9.51 Å². The Hall–Kier alpha value is -1.39. The number of aliphatic hydroxyl groups excluding tert-OH is 1. The smallest absolute Gasteiger partial charge is 0.139 e. The van der Waals surface area contributed by atoms with Crippen LogP contribution in [-0.2, 0) is 13.2 Å². The summed E-state index contributed by atoms with van der Waals surface area (Å²) < 4.78 is 1.98. The van der Waals surface area contributed by atoms with Crippen LogP contribution in [0.5, 0.6) is 0 Å². The molecule has 1 saturated heterocycles. The second-order valence-corrected chi connectivity index (χ2v) is 4.57. The number of imidazole rings is 1. The molecule has 0 saturated carbocycles. The van der Waals surface area contributed by atoms with Crippen molar-refractivity contribution in [3.8, 4) is 0 Å². The Bertz CT molecular complexity index is 514. The average Bonchev–Trinajstić information content (AvgIpc) is 2.98.